The van der Waals surface area contributed by atoms with Crippen LogP contribution in [0, 0.1) is 0 Å². The van der Waals surface area contributed by atoms with E-state index in [9.17, 15) is 4.79 Å². The van der Waals surface area contributed by atoms with Gasteiger partial charge in [0.25, 0.3) is 0 Å². The molecule has 2 rings (SSSR count). The van der Waals surface area contributed by atoms with Gasteiger partial charge in [-0.1, -0.05) is 0 Å². The maximum absolute atomic E-state index is 10.6. The first kappa shape index (κ1) is 8.70. The summed E-state index contributed by atoms with van der Waals surface area (Å²) in [5, 5.41) is 2.30. The molecule has 0 radical (unpaired) electrons. The highest BCUT2D eigenvalue weighted by Crippen LogP contribution is 2.17. The topological polar surface area (TPSA) is 110 Å². The second kappa shape index (κ2) is 3.11. The van der Waals surface area contributed by atoms with Crippen LogP contribution in [0.4, 0.5) is 10.6 Å². The number of fused-ring (bicyclic) bond motifs is 1. The van der Waals surface area contributed by atoms with Gasteiger partial charge in [-0.15, -0.1) is 0 Å². The van der Waals surface area contributed by atoms with Gasteiger partial charge in [0.05, 0.1) is 6.33 Å². The third kappa shape index (κ3) is 1.44. The molecule has 2 aromatic rings. The molecule has 2 amide bonds. The quantitative estimate of drug-likeness (QED) is 0.598. The van der Waals surface area contributed by atoms with Gasteiger partial charge in [0.1, 0.15) is 5.52 Å². The summed E-state index contributed by atoms with van der Waals surface area (Å²) < 4.78 is 0. The predicted octanol–water partition coefficient (Wildman–Crippen LogP) is 0.497. The lowest BCUT2D eigenvalue weighted by Crippen LogP contribution is -2.20. The minimum atomic E-state index is -0.726. The normalized spacial score (nSPS) is 10.4. The van der Waals surface area contributed by atoms with Crippen LogP contribution in [0.2, 0.25) is 5.28 Å². The smallest absolute Gasteiger partial charge is 0.317 e. The lowest BCUT2D eigenvalue weighted by molar-refractivity contribution is 0.259. The number of nitrogens with one attached hydrogen (secondary N) is 2. The van der Waals surface area contributed by atoms with Gasteiger partial charge in [-0.25, -0.2) is 9.78 Å². The van der Waals surface area contributed by atoms with Crippen LogP contribution >= 0.6 is 11.6 Å². The van der Waals surface area contributed by atoms with Gasteiger partial charge in [0.15, 0.2) is 11.5 Å². The van der Waals surface area contributed by atoms with Crippen molar-refractivity contribution in [2.45, 2.75) is 0 Å². The second-order valence-corrected chi connectivity index (χ2v) is 2.77. The molecular formula is C6H5ClN6O. The van der Waals surface area contributed by atoms with Gasteiger partial charge in [-0.3, -0.25) is 5.32 Å². The summed E-state index contributed by atoms with van der Waals surface area (Å²) in [5.41, 5.74) is 5.80. The number of H-pyrrole nitrogens is 1. The number of hydrogen-bond donors (Lipinski definition) is 3. The maximum Gasteiger partial charge on any atom is 0.317 e. The summed E-state index contributed by atoms with van der Waals surface area (Å²) in [6.45, 7) is 0. The van der Waals surface area contributed by atoms with Gasteiger partial charge in [0, 0.05) is 0 Å². The zero-order valence-electron chi connectivity index (χ0n) is 6.78. The minimum absolute atomic E-state index is 0.00616. The molecule has 2 heterocycles. The number of carbonyl (C=O) groups excluding carboxylic acids is 1. The number of nitrogens with zero attached hydrogens (tertiary/aromatic N) is 3. The van der Waals surface area contributed by atoms with Crippen LogP contribution in [0.25, 0.3) is 11.2 Å². The Labute approximate surface area is 82.7 Å². The molecule has 4 N–H and O–H groups in total. The number of amides is 2. The van der Waals surface area contributed by atoms with E-state index in [0.717, 1.165) is 0 Å². The van der Waals surface area contributed by atoms with E-state index in [1.165, 1.54) is 6.33 Å². The predicted molar refractivity (Wildman–Crippen MR) is 49.9 cm³/mol. The van der Waals surface area contributed by atoms with Crippen LogP contribution in [0.5, 0.6) is 0 Å². The van der Waals surface area contributed by atoms with Gasteiger partial charge < -0.3 is 10.7 Å². The minimum Gasteiger partial charge on any atom is -0.351 e. The van der Waals surface area contributed by atoms with E-state index in [1.54, 1.807) is 0 Å². The SMILES string of the molecule is NC(=O)Nc1nc(Cl)nc2nc[nH]c12. The molecule has 8 heteroatoms. The third-order valence-electron chi connectivity index (χ3n) is 1.50. The molecular weight excluding hydrogens is 208 g/mol. The Morgan fingerprint density at radius 1 is 1.57 bits per heavy atom. The summed E-state index contributed by atoms with van der Waals surface area (Å²) in [6.07, 6.45) is 1.42. The van der Waals surface area contributed by atoms with E-state index in [1.807, 2.05) is 0 Å². The van der Waals surface area contributed by atoms with E-state index in [-0.39, 0.29) is 11.1 Å². The molecule has 0 saturated heterocycles. The van der Waals surface area contributed by atoms with Gasteiger partial charge in [-0.05, 0) is 11.6 Å². The number of aromatic nitrogens is 4. The number of primary amides is 1. The van der Waals surface area contributed by atoms with Crippen molar-refractivity contribution in [1.82, 2.24) is 19.9 Å². The van der Waals surface area contributed by atoms with Crippen LogP contribution in [0.15, 0.2) is 6.33 Å². The first-order valence-electron chi connectivity index (χ1n) is 3.60. The van der Waals surface area contributed by atoms with Crippen molar-refractivity contribution in [3.05, 3.63) is 11.6 Å². The highest BCUT2D eigenvalue weighted by molar-refractivity contribution is 6.28. The Kier molecular flexibility index (Phi) is 1.93. The Morgan fingerprint density at radius 2 is 2.36 bits per heavy atom. The molecule has 0 fully saturated rings. The summed E-state index contributed by atoms with van der Waals surface area (Å²) in [6, 6.07) is -0.726. The summed E-state index contributed by atoms with van der Waals surface area (Å²) in [7, 11) is 0. The molecule has 0 aliphatic rings. The Morgan fingerprint density at radius 3 is 3.07 bits per heavy atom. The first-order chi connectivity index (χ1) is 6.66. The largest absolute Gasteiger partial charge is 0.351 e. The van der Waals surface area contributed by atoms with E-state index in [2.05, 4.69) is 25.3 Å². The number of anilines is 1. The number of urea groups is 1. The average Bonchev–Trinajstić information content (AvgIpc) is 2.50. The fourth-order valence-corrected chi connectivity index (χ4v) is 1.18. The Hall–Kier alpha value is -1.89. The van der Waals surface area contributed by atoms with Crippen molar-refractivity contribution in [2.24, 2.45) is 5.73 Å². The number of halogens is 1. The van der Waals surface area contributed by atoms with E-state index in [4.69, 9.17) is 17.3 Å². The molecule has 0 aromatic carbocycles. The fraction of sp³-hybridized carbons (Fsp3) is 0. The Balaban J connectivity index is 2.60. The number of hydrogen-bond acceptors (Lipinski definition) is 4. The summed E-state index contributed by atoms with van der Waals surface area (Å²) >= 11 is 5.60. The van der Waals surface area contributed by atoms with Crippen molar-refractivity contribution in [3.8, 4) is 0 Å². The molecule has 0 aliphatic heterocycles. The molecule has 0 atom stereocenters. The summed E-state index contributed by atoms with van der Waals surface area (Å²) in [5.74, 6) is 0.213. The van der Waals surface area contributed by atoms with E-state index in [0.29, 0.717) is 11.2 Å². The third-order valence-corrected chi connectivity index (χ3v) is 1.67. The van der Waals surface area contributed by atoms with Gasteiger partial charge >= 0.3 is 6.03 Å². The molecule has 2 aromatic heterocycles. The number of aromatic amines is 1. The molecule has 0 unspecified atom stereocenters. The fourth-order valence-electron chi connectivity index (χ4n) is 1.01. The monoisotopic (exact) mass is 212 g/mol. The Bertz CT molecular complexity index is 494. The van der Waals surface area contributed by atoms with Gasteiger partial charge in [0.2, 0.25) is 5.28 Å². The molecule has 0 spiro atoms. The van der Waals surface area contributed by atoms with Gasteiger partial charge in [-0.2, -0.15) is 9.97 Å². The lowest BCUT2D eigenvalue weighted by Gasteiger charge is -2.01. The van der Waals surface area contributed by atoms with Crippen LogP contribution in [-0.2, 0) is 0 Å². The number of imidazole rings is 1. The highest BCUT2D eigenvalue weighted by atomic mass is 35.5. The molecule has 7 nitrogen and oxygen atoms in total. The lowest BCUT2D eigenvalue weighted by atomic mass is 10.5. The van der Waals surface area contributed by atoms with E-state index < -0.39 is 6.03 Å². The second-order valence-electron chi connectivity index (χ2n) is 2.43. The number of nitrogens with two attached hydrogens (primary N) is 1. The van der Waals surface area contributed by atoms with Crippen molar-refractivity contribution in [2.75, 3.05) is 5.32 Å². The zero-order chi connectivity index (χ0) is 10.1. The first-order valence-corrected chi connectivity index (χ1v) is 3.97. The summed E-state index contributed by atoms with van der Waals surface area (Å²) in [4.78, 5) is 24.8. The standard InChI is InChI=1S/C6H5ClN6O/c7-5-11-3-2(9-1-10-3)4(12-5)13-6(8)14/h1H,(H4,8,9,10,11,12,13,14). The average molecular weight is 213 g/mol. The molecule has 14 heavy (non-hydrogen) atoms. The number of rotatable bonds is 1. The van der Waals surface area contributed by atoms with Crippen LogP contribution in [-0.4, -0.2) is 26.0 Å². The van der Waals surface area contributed by atoms with Crippen molar-refractivity contribution < 1.29 is 4.79 Å². The van der Waals surface area contributed by atoms with Crippen molar-refractivity contribution >= 4 is 34.6 Å². The van der Waals surface area contributed by atoms with Crippen LogP contribution in [0.1, 0.15) is 0 Å². The van der Waals surface area contributed by atoms with Crippen molar-refractivity contribution in [1.29, 1.82) is 0 Å². The maximum atomic E-state index is 10.6. The zero-order valence-corrected chi connectivity index (χ0v) is 7.54. The van der Waals surface area contributed by atoms with Crippen LogP contribution < -0.4 is 11.1 Å². The molecule has 0 bridgehead atoms. The van der Waals surface area contributed by atoms with Crippen LogP contribution in [0.3, 0.4) is 0 Å². The molecule has 0 saturated carbocycles. The van der Waals surface area contributed by atoms with Crippen molar-refractivity contribution in [3.63, 3.8) is 0 Å². The number of carbonyl (C=O) groups is 1. The highest BCUT2D eigenvalue weighted by Gasteiger charge is 2.09. The molecule has 72 valence electrons. The molecule has 0 aliphatic carbocycles. The van der Waals surface area contributed by atoms with E-state index >= 15 is 0 Å².